The fraction of sp³-hybridized carbons (Fsp3) is 0.667. The van der Waals surface area contributed by atoms with Gasteiger partial charge in [0.25, 0.3) is 5.91 Å². The highest BCUT2D eigenvalue weighted by molar-refractivity contribution is 6.38. The van der Waals surface area contributed by atoms with Crippen LogP contribution in [0.15, 0.2) is 30.3 Å². The van der Waals surface area contributed by atoms with Crippen molar-refractivity contribution >= 4 is 41.4 Å². The zero-order valence-electron chi connectivity index (χ0n) is 31.7. The van der Waals surface area contributed by atoms with E-state index in [0.29, 0.717) is 12.0 Å². The van der Waals surface area contributed by atoms with Crippen LogP contribution in [-0.4, -0.2) is 102 Å². The van der Waals surface area contributed by atoms with E-state index in [1.54, 1.807) is 70.1 Å². The molecule has 1 saturated heterocycles. The van der Waals surface area contributed by atoms with E-state index < -0.39 is 65.9 Å². The molecule has 3 saturated carbocycles. The maximum atomic E-state index is 14.4. The van der Waals surface area contributed by atoms with Crippen molar-refractivity contribution in [3.8, 4) is 0 Å². The molecule has 1 aliphatic heterocycles. The summed E-state index contributed by atoms with van der Waals surface area (Å²) in [5.41, 5.74) is -0.193. The summed E-state index contributed by atoms with van der Waals surface area (Å²) in [4.78, 5) is 97.0. The fourth-order valence-corrected chi connectivity index (χ4v) is 8.07. The third-order valence-corrected chi connectivity index (χ3v) is 10.8. The van der Waals surface area contributed by atoms with Crippen LogP contribution in [0.5, 0.6) is 0 Å². The van der Waals surface area contributed by atoms with Gasteiger partial charge in [-0.1, -0.05) is 62.4 Å². The number of carbonyl (C=O) groups is 7. The fourth-order valence-electron chi connectivity index (χ4n) is 8.07. The van der Waals surface area contributed by atoms with Crippen LogP contribution in [0.1, 0.15) is 103 Å². The number of nitrogens with zero attached hydrogens (tertiary/aromatic N) is 2. The predicted octanol–water partition coefficient (Wildman–Crippen LogP) is 2.76. The van der Waals surface area contributed by atoms with Crippen LogP contribution in [0.3, 0.4) is 0 Å². The largest absolute Gasteiger partial charge is 0.444 e. The first-order valence-corrected chi connectivity index (χ1v) is 19.1. The van der Waals surface area contributed by atoms with Crippen LogP contribution in [0, 0.1) is 17.8 Å². The van der Waals surface area contributed by atoms with Crippen molar-refractivity contribution in [2.45, 2.75) is 127 Å². The van der Waals surface area contributed by atoms with E-state index in [2.05, 4.69) is 21.3 Å². The molecule has 0 spiro atoms. The van der Waals surface area contributed by atoms with E-state index in [1.807, 2.05) is 0 Å². The summed E-state index contributed by atoms with van der Waals surface area (Å²) in [5, 5.41) is 10.7. The summed E-state index contributed by atoms with van der Waals surface area (Å²) >= 11 is 0. The summed E-state index contributed by atoms with van der Waals surface area (Å²) in [5.74, 6) is -3.80. The SMILES string of the molecule is CN(C)C(=O)[C@H](NC(=O)CNC(=O)C(=O)C(CC1CC1)NC(=O)[C@@H]1C2CCC(C2)N1C(=O)[C@@H](NC(=O)OC(C)(C)C)C1CCCCC1)c1ccccc1. The van der Waals surface area contributed by atoms with Gasteiger partial charge in [-0.25, -0.2) is 4.79 Å². The molecule has 6 amide bonds. The molecule has 0 aromatic heterocycles. The second-order valence-electron chi connectivity index (χ2n) is 16.4. The Balaban J connectivity index is 1.26. The molecule has 290 valence electrons. The first-order valence-electron chi connectivity index (χ1n) is 19.1. The highest BCUT2D eigenvalue weighted by Crippen LogP contribution is 2.44. The van der Waals surface area contributed by atoms with Gasteiger partial charge in [0.2, 0.25) is 29.4 Å². The van der Waals surface area contributed by atoms with Gasteiger partial charge in [0, 0.05) is 20.1 Å². The van der Waals surface area contributed by atoms with Crippen LogP contribution < -0.4 is 21.3 Å². The summed E-state index contributed by atoms with van der Waals surface area (Å²) < 4.78 is 5.53. The van der Waals surface area contributed by atoms with Gasteiger partial charge in [0.1, 0.15) is 23.7 Å². The van der Waals surface area contributed by atoms with Gasteiger partial charge in [-0.05, 0) is 82.6 Å². The Hall–Kier alpha value is -4.49. The Morgan fingerprint density at radius 2 is 1.55 bits per heavy atom. The average Bonchev–Trinajstić information content (AvgIpc) is 3.70. The second kappa shape index (κ2) is 17.1. The monoisotopic (exact) mass is 736 g/mol. The van der Waals surface area contributed by atoms with Crippen molar-refractivity contribution in [3.05, 3.63) is 35.9 Å². The molecule has 4 N–H and O–H groups in total. The number of benzene rings is 1. The van der Waals surface area contributed by atoms with Gasteiger partial charge in [0.05, 0.1) is 12.6 Å². The lowest BCUT2D eigenvalue weighted by molar-refractivity contribution is -0.147. The quantitative estimate of drug-likeness (QED) is 0.210. The van der Waals surface area contributed by atoms with E-state index >= 15 is 0 Å². The van der Waals surface area contributed by atoms with E-state index in [0.717, 1.165) is 57.8 Å². The van der Waals surface area contributed by atoms with Gasteiger partial charge in [-0.2, -0.15) is 0 Å². The van der Waals surface area contributed by atoms with Gasteiger partial charge in [-0.15, -0.1) is 0 Å². The minimum Gasteiger partial charge on any atom is -0.444 e. The minimum absolute atomic E-state index is 0.0966. The molecule has 1 aromatic carbocycles. The normalized spacial score (nSPS) is 22.9. The lowest BCUT2D eigenvalue weighted by atomic mass is 9.83. The molecule has 0 radical (unpaired) electrons. The smallest absolute Gasteiger partial charge is 0.408 e. The Morgan fingerprint density at radius 3 is 2.17 bits per heavy atom. The Labute approximate surface area is 311 Å². The topological polar surface area (TPSA) is 183 Å². The molecular formula is C39H56N6O8. The third kappa shape index (κ3) is 10.3. The number of fused-ring (bicyclic) bond motifs is 2. The van der Waals surface area contributed by atoms with Crippen molar-refractivity contribution in [2.24, 2.45) is 17.8 Å². The van der Waals surface area contributed by atoms with Crippen LogP contribution in [0.25, 0.3) is 0 Å². The Bertz CT molecular complexity index is 1530. The van der Waals surface area contributed by atoms with Crippen molar-refractivity contribution in [2.75, 3.05) is 20.6 Å². The first-order chi connectivity index (χ1) is 25.1. The number of likely N-dealkylation sites (tertiary alicyclic amines) is 1. The highest BCUT2D eigenvalue weighted by Gasteiger charge is 2.54. The molecule has 1 aromatic rings. The number of hydrogen-bond donors (Lipinski definition) is 4. The Morgan fingerprint density at radius 1 is 0.868 bits per heavy atom. The molecule has 4 aliphatic rings. The van der Waals surface area contributed by atoms with Crippen molar-refractivity contribution in [1.82, 2.24) is 31.1 Å². The molecule has 3 unspecified atom stereocenters. The molecule has 5 rings (SSSR count). The van der Waals surface area contributed by atoms with E-state index in [4.69, 9.17) is 4.74 Å². The number of ether oxygens (including phenoxy) is 1. The number of rotatable bonds is 14. The van der Waals surface area contributed by atoms with Gasteiger partial charge < -0.3 is 35.8 Å². The molecule has 1 heterocycles. The number of piperidine rings is 1. The van der Waals surface area contributed by atoms with Gasteiger partial charge in [-0.3, -0.25) is 28.8 Å². The van der Waals surface area contributed by atoms with Crippen LogP contribution in [0.2, 0.25) is 0 Å². The number of amides is 6. The molecule has 14 heteroatoms. The molecule has 3 aliphatic carbocycles. The van der Waals surface area contributed by atoms with Crippen LogP contribution in [-0.2, 0) is 33.5 Å². The van der Waals surface area contributed by atoms with Crippen molar-refractivity contribution in [3.63, 3.8) is 0 Å². The maximum absolute atomic E-state index is 14.4. The summed E-state index contributed by atoms with van der Waals surface area (Å²) in [6.45, 7) is 4.72. The maximum Gasteiger partial charge on any atom is 0.408 e. The zero-order chi connectivity index (χ0) is 38.4. The van der Waals surface area contributed by atoms with Gasteiger partial charge >= 0.3 is 6.09 Å². The highest BCUT2D eigenvalue weighted by atomic mass is 16.6. The summed E-state index contributed by atoms with van der Waals surface area (Å²) in [6, 6.07) is 4.69. The minimum atomic E-state index is -1.14. The molecule has 6 atom stereocenters. The van der Waals surface area contributed by atoms with Crippen LogP contribution in [0.4, 0.5) is 4.79 Å². The number of likely N-dealkylation sites (N-methyl/N-ethyl adjacent to an activating group) is 1. The predicted molar refractivity (Wildman–Crippen MR) is 195 cm³/mol. The van der Waals surface area contributed by atoms with Crippen molar-refractivity contribution < 1.29 is 38.3 Å². The number of carbonyl (C=O) groups excluding carboxylic acids is 7. The third-order valence-electron chi connectivity index (χ3n) is 10.8. The number of Topliss-reactive ketones (excluding diaryl/α,β-unsaturated/α-hetero) is 1. The first kappa shape index (κ1) is 39.7. The number of hydrogen-bond acceptors (Lipinski definition) is 8. The standard InChI is InChI=1S/C39H56N6O8/c1-39(2,3)53-38(52)43-31(25-14-10-7-11-15-25)37(51)45-27-19-18-26(21-27)32(45)34(48)41-28(20-23-16-17-23)33(47)35(49)40-22-29(46)42-30(36(50)44(4)5)24-12-8-6-9-13-24/h6,8-9,12-13,23,25-28,30-32H,7,10-11,14-22H2,1-5H3,(H,40,49)(H,41,48)(H,42,46)(H,43,52)/t26?,27?,28?,30-,31+,32+/m1/s1. The number of ketones is 1. The second-order valence-corrected chi connectivity index (χ2v) is 16.4. The van der Waals surface area contributed by atoms with Crippen LogP contribution >= 0.6 is 0 Å². The molecular weight excluding hydrogens is 680 g/mol. The molecule has 4 fully saturated rings. The lowest BCUT2D eigenvalue weighted by Gasteiger charge is -2.40. The zero-order valence-corrected chi connectivity index (χ0v) is 31.7. The van der Waals surface area contributed by atoms with E-state index in [-0.39, 0.29) is 42.0 Å². The average molecular weight is 737 g/mol. The van der Waals surface area contributed by atoms with Gasteiger partial charge in [0.15, 0.2) is 0 Å². The molecule has 53 heavy (non-hydrogen) atoms. The number of nitrogens with one attached hydrogen (secondary N) is 4. The molecule has 14 nitrogen and oxygen atoms in total. The Kier molecular flexibility index (Phi) is 12.8. The lowest BCUT2D eigenvalue weighted by Crippen LogP contribution is -2.61. The van der Waals surface area contributed by atoms with E-state index in [1.165, 1.54) is 4.90 Å². The summed E-state index contributed by atoms with van der Waals surface area (Å²) in [7, 11) is 3.14. The molecule has 2 bridgehead atoms. The van der Waals surface area contributed by atoms with E-state index in [9.17, 15) is 33.6 Å². The number of alkyl carbamates (subject to hydrolysis) is 1. The summed E-state index contributed by atoms with van der Waals surface area (Å²) in [6.07, 6.45) is 7.93. The van der Waals surface area contributed by atoms with Crippen molar-refractivity contribution in [1.29, 1.82) is 0 Å².